The average Bonchev–Trinajstić information content (AvgIpc) is 3.65. The largest absolute Gasteiger partial charge is 0.375 e. The minimum atomic E-state index is 0.0964. The number of hydrogen-bond acceptors (Lipinski definition) is 2. The van der Waals surface area contributed by atoms with Gasteiger partial charge in [-0.3, -0.25) is 0 Å². The van der Waals surface area contributed by atoms with Crippen molar-refractivity contribution in [3.8, 4) is 27.9 Å². The molecule has 0 bridgehead atoms. The number of rotatable bonds is 1. The van der Waals surface area contributed by atoms with E-state index in [1.807, 2.05) is 11.3 Å². The molecule has 0 N–H and O–H groups in total. The van der Waals surface area contributed by atoms with Crippen molar-refractivity contribution in [3.63, 3.8) is 0 Å². The summed E-state index contributed by atoms with van der Waals surface area (Å²) < 4.78 is 5.07. The topological polar surface area (TPSA) is 8.17 Å². The Balaban J connectivity index is 1.29. The van der Waals surface area contributed by atoms with Crippen LogP contribution in [0, 0.1) is 0 Å². The zero-order chi connectivity index (χ0) is 29.9. The lowest BCUT2D eigenvalue weighted by molar-refractivity contribution is 1.18. The van der Waals surface area contributed by atoms with Gasteiger partial charge in [-0.25, -0.2) is 0 Å². The molecule has 7 aromatic carbocycles. The van der Waals surface area contributed by atoms with Crippen molar-refractivity contribution in [2.75, 3.05) is 4.81 Å². The SMILES string of the molecule is c1ccc(-n2c3ccccc3c3cc4c(cc32)sc2ccc3c(c24)N2B(c4ccccc4-c4ccccc42)c2ccccc2-3)cc1. The summed E-state index contributed by atoms with van der Waals surface area (Å²) in [5.41, 5.74) is 14.3. The first-order valence-corrected chi connectivity index (χ1v) is 16.7. The van der Waals surface area contributed by atoms with Gasteiger partial charge in [0.05, 0.1) is 11.0 Å². The fourth-order valence-corrected chi connectivity index (χ4v) is 9.47. The van der Waals surface area contributed by atoms with Gasteiger partial charge in [-0.05, 0) is 64.5 Å². The van der Waals surface area contributed by atoms with Crippen LogP contribution in [0.1, 0.15) is 0 Å². The van der Waals surface area contributed by atoms with Crippen molar-refractivity contribution in [3.05, 3.63) is 152 Å². The third-order valence-electron chi connectivity index (χ3n) is 10.2. The van der Waals surface area contributed by atoms with E-state index < -0.39 is 0 Å². The van der Waals surface area contributed by atoms with Gasteiger partial charge in [-0.2, -0.15) is 0 Å². The monoisotopic (exact) mass is 600 g/mol. The van der Waals surface area contributed by atoms with E-state index in [4.69, 9.17) is 0 Å². The number of para-hydroxylation sites is 3. The Morgan fingerprint density at radius 1 is 0.457 bits per heavy atom. The van der Waals surface area contributed by atoms with Gasteiger partial charge >= 0.3 is 6.85 Å². The molecule has 4 heterocycles. The first-order valence-electron chi connectivity index (χ1n) is 15.9. The lowest BCUT2D eigenvalue weighted by Crippen LogP contribution is -2.59. The van der Waals surface area contributed by atoms with Crippen LogP contribution < -0.4 is 15.7 Å². The van der Waals surface area contributed by atoms with Crippen LogP contribution in [0.15, 0.2) is 152 Å². The number of aromatic nitrogens is 1. The van der Waals surface area contributed by atoms with Crippen molar-refractivity contribution in [2.24, 2.45) is 0 Å². The molecule has 212 valence electrons. The molecule has 0 fully saturated rings. The maximum absolute atomic E-state index is 2.65. The summed E-state index contributed by atoms with van der Waals surface area (Å²) in [4.78, 5) is 2.65. The quantitative estimate of drug-likeness (QED) is 0.170. The predicted molar refractivity (Wildman–Crippen MR) is 198 cm³/mol. The van der Waals surface area contributed by atoms with E-state index >= 15 is 0 Å². The molecule has 2 aliphatic rings. The first kappa shape index (κ1) is 24.7. The van der Waals surface area contributed by atoms with Gasteiger partial charge in [-0.15, -0.1) is 11.3 Å². The Labute approximate surface area is 270 Å². The van der Waals surface area contributed by atoms with Crippen LogP contribution in [0.3, 0.4) is 0 Å². The minimum absolute atomic E-state index is 0.0964. The highest BCUT2D eigenvalue weighted by Gasteiger charge is 2.43. The van der Waals surface area contributed by atoms with E-state index in [1.165, 1.54) is 92.2 Å². The first-order chi connectivity index (χ1) is 22.8. The molecule has 2 nitrogen and oxygen atoms in total. The summed E-state index contributed by atoms with van der Waals surface area (Å²) in [6, 6.07) is 56.3. The highest BCUT2D eigenvalue weighted by Crippen LogP contribution is 2.52. The van der Waals surface area contributed by atoms with E-state index in [1.54, 1.807) is 0 Å². The molecule has 0 spiro atoms. The number of anilines is 2. The van der Waals surface area contributed by atoms with Crippen LogP contribution in [-0.2, 0) is 0 Å². The fraction of sp³-hybridized carbons (Fsp3) is 0. The molecule has 2 aliphatic heterocycles. The number of nitrogens with zero attached hydrogens (tertiary/aromatic N) is 2. The summed E-state index contributed by atoms with van der Waals surface area (Å²) in [5, 5.41) is 5.26. The van der Waals surface area contributed by atoms with Gasteiger partial charge in [0.15, 0.2) is 0 Å². The molecule has 0 unspecified atom stereocenters. The average molecular weight is 601 g/mol. The molecule has 0 atom stereocenters. The lowest BCUT2D eigenvalue weighted by Gasteiger charge is -2.43. The molecule has 0 saturated heterocycles. The summed E-state index contributed by atoms with van der Waals surface area (Å²) in [6.45, 7) is 0.0964. The third-order valence-corrected chi connectivity index (χ3v) is 11.3. The highest BCUT2D eigenvalue weighted by molar-refractivity contribution is 7.26. The molecular formula is C42H25BN2S. The van der Waals surface area contributed by atoms with Gasteiger partial charge < -0.3 is 9.38 Å². The standard InChI is InChI=1S/C42H25BN2S/c1-2-12-26(13-3-1)44-36-20-10-6-17-30(36)32-24-33-40(25-38(32)44)46-39-23-22-31-28-15-5-9-19-35(28)43-34-18-8-4-14-27(34)29-16-7-11-21-37(29)45(43)42(31)41(33)39/h1-25H. The molecule has 0 radical (unpaired) electrons. The van der Waals surface area contributed by atoms with Crippen LogP contribution >= 0.6 is 11.3 Å². The van der Waals surface area contributed by atoms with E-state index in [0.717, 1.165) is 0 Å². The Hall–Kier alpha value is -5.58. The van der Waals surface area contributed by atoms with E-state index in [-0.39, 0.29) is 6.85 Å². The fourth-order valence-electron chi connectivity index (χ4n) is 8.34. The maximum Gasteiger partial charge on any atom is 0.329 e. The molecule has 2 aromatic heterocycles. The second-order valence-corrected chi connectivity index (χ2v) is 13.5. The Morgan fingerprint density at radius 2 is 1.13 bits per heavy atom. The third kappa shape index (κ3) is 3.12. The van der Waals surface area contributed by atoms with E-state index in [2.05, 4.69) is 161 Å². The molecule has 0 amide bonds. The van der Waals surface area contributed by atoms with E-state index in [9.17, 15) is 0 Å². The van der Waals surface area contributed by atoms with Crippen molar-refractivity contribution >= 4 is 82.5 Å². The summed E-state index contributed by atoms with van der Waals surface area (Å²) in [5.74, 6) is 0. The Bertz CT molecular complexity index is 2720. The van der Waals surface area contributed by atoms with E-state index in [0.29, 0.717) is 0 Å². The van der Waals surface area contributed by atoms with Crippen molar-refractivity contribution in [2.45, 2.75) is 0 Å². The summed E-state index contributed by atoms with van der Waals surface area (Å²) >= 11 is 1.91. The smallest absolute Gasteiger partial charge is 0.329 e. The maximum atomic E-state index is 2.65. The van der Waals surface area contributed by atoms with Crippen molar-refractivity contribution in [1.29, 1.82) is 0 Å². The Kier molecular flexibility index (Phi) is 4.83. The number of thiophene rings is 1. The van der Waals surface area contributed by atoms with Crippen molar-refractivity contribution in [1.82, 2.24) is 4.57 Å². The lowest BCUT2D eigenvalue weighted by atomic mass is 9.43. The molecule has 4 heteroatoms. The van der Waals surface area contributed by atoms with Crippen LogP contribution in [0.2, 0.25) is 0 Å². The molecule has 0 aliphatic carbocycles. The van der Waals surface area contributed by atoms with Crippen LogP contribution in [0.4, 0.5) is 11.4 Å². The zero-order valence-corrected chi connectivity index (χ0v) is 25.6. The molecule has 46 heavy (non-hydrogen) atoms. The van der Waals surface area contributed by atoms with Gasteiger partial charge in [0, 0.05) is 59.1 Å². The number of fused-ring (bicyclic) bond motifs is 18. The summed E-state index contributed by atoms with van der Waals surface area (Å²) in [7, 11) is 0. The predicted octanol–water partition coefficient (Wildman–Crippen LogP) is 10.1. The number of hydrogen-bond donors (Lipinski definition) is 0. The van der Waals surface area contributed by atoms with Crippen LogP contribution in [-0.4, -0.2) is 11.4 Å². The van der Waals surface area contributed by atoms with Gasteiger partial charge in [0.25, 0.3) is 0 Å². The summed E-state index contributed by atoms with van der Waals surface area (Å²) in [6.07, 6.45) is 0. The Morgan fingerprint density at radius 3 is 1.96 bits per heavy atom. The van der Waals surface area contributed by atoms with Crippen LogP contribution in [0.25, 0.3) is 69.9 Å². The molecule has 11 rings (SSSR count). The van der Waals surface area contributed by atoms with Gasteiger partial charge in [-0.1, -0.05) is 109 Å². The van der Waals surface area contributed by atoms with Crippen molar-refractivity contribution < 1.29 is 0 Å². The minimum Gasteiger partial charge on any atom is -0.375 e. The second kappa shape index (κ2) is 9.00. The molecule has 9 aromatic rings. The molecule has 0 saturated carbocycles. The van der Waals surface area contributed by atoms with Gasteiger partial charge in [0.1, 0.15) is 0 Å². The highest BCUT2D eigenvalue weighted by atomic mass is 32.1. The second-order valence-electron chi connectivity index (χ2n) is 12.5. The normalized spacial score (nSPS) is 13.1. The zero-order valence-electron chi connectivity index (χ0n) is 24.8. The van der Waals surface area contributed by atoms with Gasteiger partial charge in [0.2, 0.25) is 0 Å². The molecular weight excluding hydrogens is 575 g/mol. The number of benzene rings is 7. The van der Waals surface area contributed by atoms with Crippen LogP contribution in [0.5, 0.6) is 0 Å².